The first-order chi connectivity index (χ1) is 9.24. The molecule has 0 bridgehead atoms. The summed E-state index contributed by atoms with van der Waals surface area (Å²) < 4.78 is 0. The third-order valence-corrected chi connectivity index (χ3v) is 3.29. The van der Waals surface area contributed by atoms with Gasteiger partial charge in [-0.3, -0.25) is 0 Å². The second kappa shape index (κ2) is 6.55. The van der Waals surface area contributed by atoms with Crippen LogP contribution in [0.25, 0.3) is 0 Å². The van der Waals surface area contributed by atoms with Crippen molar-refractivity contribution < 1.29 is 0 Å². The summed E-state index contributed by atoms with van der Waals surface area (Å²) in [6.07, 6.45) is 3.47. The minimum absolute atomic E-state index is 0.575. The normalized spacial score (nSPS) is 10.9. The number of hydrogen-bond donors (Lipinski definition) is 0. The molecule has 1 aromatic carbocycles. The van der Waals surface area contributed by atoms with Crippen LogP contribution in [0.15, 0.2) is 48.1 Å². The van der Waals surface area contributed by atoms with Gasteiger partial charge in [0.1, 0.15) is 0 Å². The highest BCUT2D eigenvalue weighted by Gasteiger charge is 2.14. The van der Waals surface area contributed by atoms with Gasteiger partial charge in [-0.2, -0.15) is 5.10 Å². The monoisotopic (exact) mass is 293 g/mol. The number of nitrogens with zero attached hydrogens (tertiary/aromatic N) is 3. The maximum atomic E-state index is 6.32. The zero-order valence-corrected chi connectivity index (χ0v) is 11.9. The molecular formula is C14H13Cl2N3. The Bertz CT molecular complexity index is 570. The minimum atomic E-state index is 0.575. The Morgan fingerprint density at radius 1 is 1.26 bits per heavy atom. The van der Waals surface area contributed by atoms with E-state index in [2.05, 4.69) is 10.2 Å². The molecule has 0 aliphatic rings. The molecule has 0 fully saturated rings. The van der Waals surface area contributed by atoms with E-state index in [0.29, 0.717) is 17.4 Å². The predicted molar refractivity (Wildman–Crippen MR) is 80.2 cm³/mol. The van der Waals surface area contributed by atoms with Crippen molar-refractivity contribution in [3.8, 4) is 0 Å². The summed E-state index contributed by atoms with van der Waals surface area (Å²) in [5.74, 6) is 0.627. The maximum absolute atomic E-state index is 6.32. The summed E-state index contributed by atoms with van der Waals surface area (Å²) >= 11 is 11.9. The topological polar surface area (TPSA) is 29.0 Å². The summed E-state index contributed by atoms with van der Waals surface area (Å²) in [6.45, 7) is 2.48. The second-order valence-corrected chi connectivity index (χ2v) is 4.60. The largest absolute Gasteiger partial charge is 0.320 e. The van der Waals surface area contributed by atoms with Crippen LogP contribution in [0.2, 0.25) is 5.02 Å². The highest BCUT2D eigenvalue weighted by atomic mass is 35.5. The zero-order chi connectivity index (χ0) is 13.7. The fourth-order valence-electron chi connectivity index (χ4n) is 1.69. The van der Waals surface area contributed by atoms with Crippen molar-refractivity contribution >= 4 is 34.7 Å². The van der Waals surface area contributed by atoms with E-state index in [0.717, 1.165) is 11.3 Å². The molecule has 0 atom stereocenters. The molecule has 3 nitrogen and oxygen atoms in total. The Kier molecular flexibility index (Phi) is 4.77. The van der Waals surface area contributed by atoms with Gasteiger partial charge in [0.05, 0.1) is 11.2 Å². The van der Waals surface area contributed by atoms with Gasteiger partial charge < -0.3 is 4.90 Å². The summed E-state index contributed by atoms with van der Waals surface area (Å²) in [7, 11) is 0. The van der Waals surface area contributed by atoms with Crippen LogP contribution in [0.5, 0.6) is 0 Å². The molecule has 2 rings (SSSR count). The standard InChI is InChI=1S/C14H13Cl2N3/c1-11-10-17-18-14(13(11)16)19(9-5-8-15)12-6-3-2-4-7-12/h2-8,10H,9H2,1H3/b8-5+. The number of halogens is 2. The molecule has 0 aliphatic heterocycles. The molecule has 0 saturated carbocycles. The first kappa shape index (κ1) is 13.8. The average molecular weight is 294 g/mol. The summed E-state index contributed by atoms with van der Waals surface area (Å²) in [6, 6.07) is 9.86. The number of aryl methyl sites for hydroxylation is 1. The first-order valence-electron chi connectivity index (χ1n) is 5.79. The van der Waals surface area contributed by atoms with E-state index in [4.69, 9.17) is 23.2 Å². The lowest BCUT2D eigenvalue weighted by Gasteiger charge is -2.23. The van der Waals surface area contributed by atoms with Crippen molar-refractivity contribution in [3.63, 3.8) is 0 Å². The van der Waals surface area contributed by atoms with Gasteiger partial charge in [0, 0.05) is 17.8 Å². The lowest BCUT2D eigenvalue weighted by molar-refractivity contribution is 0.950. The van der Waals surface area contributed by atoms with E-state index < -0.39 is 0 Å². The van der Waals surface area contributed by atoms with Crippen molar-refractivity contribution in [2.45, 2.75) is 6.92 Å². The van der Waals surface area contributed by atoms with Crippen LogP contribution in [0.4, 0.5) is 11.5 Å². The van der Waals surface area contributed by atoms with Crippen LogP contribution < -0.4 is 4.90 Å². The molecule has 1 heterocycles. The highest BCUT2D eigenvalue weighted by molar-refractivity contribution is 6.33. The highest BCUT2D eigenvalue weighted by Crippen LogP contribution is 2.30. The van der Waals surface area contributed by atoms with Crippen LogP contribution in [-0.4, -0.2) is 16.7 Å². The minimum Gasteiger partial charge on any atom is -0.320 e. The number of para-hydroxylation sites is 1. The number of benzene rings is 1. The number of aromatic nitrogens is 2. The van der Waals surface area contributed by atoms with Crippen molar-refractivity contribution in [2.75, 3.05) is 11.4 Å². The molecule has 1 aromatic heterocycles. The van der Waals surface area contributed by atoms with E-state index in [1.54, 1.807) is 6.20 Å². The van der Waals surface area contributed by atoms with Gasteiger partial charge in [-0.05, 0) is 24.6 Å². The van der Waals surface area contributed by atoms with Gasteiger partial charge in [-0.1, -0.05) is 47.5 Å². The van der Waals surface area contributed by atoms with E-state index >= 15 is 0 Å². The maximum Gasteiger partial charge on any atom is 0.175 e. The molecule has 0 amide bonds. The fraction of sp³-hybridized carbons (Fsp3) is 0.143. The second-order valence-electron chi connectivity index (χ2n) is 3.97. The van der Waals surface area contributed by atoms with Gasteiger partial charge in [0.2, 0.25) is 0 Å². The zero-order valence-electron chi connectivity index (χ0n) is 10.4. The van der Waals surface area contributed by atoms with Crippen LogP contribution in [0.3, 0.4) is 0 Å². The van der Waals surface area contributed by atoms with Crippen LogP contribution >= 0.6 is 23.2 Å². The van der Waals surface area contributed by atoms with Gasteiger partial charge in [0.15, 0.2) is 5.82 Å². The number of anilines is 2. The van der Waals surface area contributed by atoms with Crippen molar-refractivity contribution in [1.29, 1.82) is 0 Å². The average Bonchev–Trinajstić information content (AvgIpc) is 2.45. The SMILES string of the molecule is Cc1cnnc(N(C/C=C/Cl)c2ccccc2)c1Cl. The lowest BCUT2D eigenvalue weighted by Crippen LogP contribution is -2.19. The lowest BCUT2D eigenvalue weighted by atomic mass is 10.2. The van der Waals surface area contributed by atoms with Gasteiger partial charge in [-0.15, -0.1) is 5.10 Å². The van der Waals surface area contributed by atoms with Crippen LogP contribution in [-0.2, 0) is 0 Å². The number of hydrogen-bond acceptors (Lipinski definition) is 3. The van der Waals surface area contributed by atoms with Crippen molar-refractivity contribution in [1.82, 2.24) is 10.2 Å². The van der Waals surface area contributed by atoms with Crippen LogP contribution in [0.1, 0.15) is 5.56 Å². The molecule has 0 N–H and O–H groups in total. The molecule has 98 valence electrons. The summed E-state index contributed by atoms with van der Waals surface area (Å²) in [5.41, 5.74) is 3.36. The molecule has 0 saturated heterocycles. The molecular weight excluding hydrogens is 281 g/mol. The van der Waals surface area contributed by atoms with Crippen molar-refractivity contribution in [2.24, 2.45) is 0 Å². The molecule has 0 unspecified atom stereocenters. The van der Waals surface area contributed by atoms with Crippen LogP contribution in [0, 0.1) is 6.92 Å². The predicted octanol–water partition coefficient (Wildman–Crippen LogP) is 4.33. The Balaban J connectivity index is 2.46. The Labute approximate surface area is 122 Å². The Hall–Kier alpha value is -1.58. The fourth-order valence-corrected chi connectivity index (χ4v) is 1.96. The third kappa shape index (κ3) is 3.25. The first-order valence-corrected chi connectivity index (χ1v) is 6.61. The molecule has 0 radical (unpaired) electrons. The summed E-state index contributed by atoms with van der Waals surface area (Å²) in [4.78, 5) is 1.96. The van der Waals surface area contributed by atoms with E-state index in [-0.39, 0.29) is 0 Å². The Morgan fingerprint density at radius 2 is 2.00 bits per heavy atom. The van der Waals surface area contributed by atoms with E-state index in [9.17, 15) is 0 Å². The van der Waals surface area contributed by atoms with E-state index in [1.165, 1.54) is 5.54 Å². The number of rotatable bonds is 4. The molecule has 0 aliphatic carbocycles. The van der Waals surface area contributed by atoms with Gasteiger partial charge >= 0.3 is 0 Å². The van der Waals surface area contributed by atoms with Gasteiger partial charge in [0.25, 0.3) is 0 Å². The van der Waals surface area contributed by atoms with Crippen molar-refractivity contribution in [3.05, 3.63) is 58.7 Å². The quantitative estimate of drug-likeness (QED) is 0.840. The van der Waals surface area contributed by atoms with E-state index in [1.807, 2.05) is 48.2 Å². The third-order valence-electron chi connectivity index (χ3n) is 2.65. The molecule has 2 aromatic rings. The Morgan fingerprint density at radius 3 is 2.68 bits per heavy atom. The van der Waals surface area contributed by atoms with Gasteiger partial charge in [-0.25, -0.2) is 0 Å². The molecule has 0 spiro atoms. The smallest absolute Gasteiger partial charge is 0.175 e. The molecule has 5 heteroatoms. The molecule has 19 heavy (non-hydrogen) atoms. The summed E-state index contributed by atoms with van der Waals surface area (Å²) in [5, 5.41) is 8.70.